The second-order valence-corrected chi connectivity index (χ2v) is 9.68. The molecule has 1 fully saturated rings. The van der Waals surface area contributed by atoms with E-state index in [1.165, 1.54) is 34.2 Å². The summed E-state index contributed by atoms with van der Waals surface area (Å²) in [5, 5.41) is 13.5. The smallest absolute Gasteiger partial charge is 0.230 e. The summed E-state index contributed by atoms with van der Waals surface area (Å²) in [6, 6.07) is 10.4. The Kier molecular flexibility index (Phi) is 5.15. The Morgan fingerprint density at radius 3 is 2.84 bits per heavy atom. The number of hydrogen-bond acceptors (Lipinski definition) is 7. The van der Waals surface area contributed by atoms with Crippen molar-refractivity contribution in [1.82, 2.24) is 25.1 Å². The van der Waals surface area contributed by atoms with Crippen LogP contribution < -0.4 is 11.1 Å². The number of thiophene rings is 1. The van der Waals surface area contributed by atoms with Crippen molar-refractivity contribution in [3.8, 4) is 16.4 Å². The molecule has 3 heterocycles. The standard InChI is InChI=1S/C22H22N6OS2/c1-12-5-8-15(10-13(12)2)28-20(19-18(23)16-4-3-9-24-21(16)31-19)26-27-22(28)30-11-17(29)25-14-6-7-14/h3-5,8-10,14H,6-7,11,23H2,1-2H3,(H,25,29). The van der Waals surface area contributed by atoms with Gasteiger partial charge in [-0.3, -0.25) is 9.36 Å². The molecular weight excluding hydrogens is 428 g/mol. The Morgan fingerprint density at radius 2 is 2.10 bits per heavy atom. The third kappa shape index (κ3) is 3.90. The summed E-state index contributed by atoms with van der Waals surface area (Å²) in [4.78, 5) is 18.4. The predicted molar refractivity (Wildman–Crippen MR) is 126 cm³/mol. The van der Waals surface area contributed by atoms with E-state index in [4.69, 9.17) is 5.73 Å². The normalized spacial score (nSPS) is 13.6. The van der Waals surface area contributed by atoms with Crippen molar-refractivity contribution >= 4 is 44.9 Å². The number of fused-ring (bicyclic) bond motifs is 1. The average molecular weight is 451 g/mol. The number of aryl methyl sites for hydroxylation is 2. The number of rotatable bonds is 6. The van der Waals surface area contributed by atoms with Crippen molar-refractivity contribution in [2.45, 2.75) is 37.9 Å². The predicted octanol–water partition coefficient (Wildman–Crippen LogP) is 4.11. The Bertz CT molecular complexity index is 1290. The number of carbonyl (C=O) groups is 1. The molecule has 1 saturated carbocycles. The highest BCUT2D eigenvalue weighted by Crippen LogP contribution is 2.41. The Hall–Kier alpha value is -2.91. The second-order valence-electron chi connectivity index (χ2n) is 7.74. The third-order valence-corrected chi connectivity index (χ3v) is 7.42. The van der Waals surface area contributed by atoms with Crippen LogP contribution in [0, 0.1) is 13.8 Å². The van der Waals surface area contributed by atoms with Crippen LogP contribution in [0.3, 0.4) is 0 Å². The molecule has 5 rings (SSSR count). The highest BCUT2D eigenvalue weighted by atomic mass is 32.2. The second kappa shape index (κ2) is 7.97. The van der Waals surface area contributed by atoms with Crippen molar-refractivity contribution in [3.05, 3.63) is 47.7 Å². The molecule has 158 valence electrons. The molecule has 0 saturated heterocycles. The Morgan fingerprint density at radius 1 is 1.26 bits per heavy atom. The van der Waals surface area contributed by atoms with Crippen LogP contribution in [0.15, 0.2) is 41.7 Å². The SMILES string of the molecule is Cc1ccc(-n2c(SCC(=O)NC3CC3)nnc2-c2sc3ncccc3c2N)cc1C. The van der Waals surface area contributed by atoms with Crippen molar-refractivity contribution in [1.29, 1.82) is 0 Å². The fourth-order valence-corrected chi connectivity index (χ4v) is 5.15. The number of nitrogens with one attached hydrogen (secondary N) is 1. The van der Waals surface area contributed by atoms with E-state index in [-0.39, 0.29) is 5.91 Å². The first-order chi connectivity index (χ1) is 15.0. The summed E-state index contributed by atoms with van der Waals surface area (Å²) in [6.45, 7) is 4.16. The largest absolute Gasteiger partial charge is 0.397 e. The van der Waals surface area contributed by atoms with Crippen LogP contribution >= 0.6 is 23.1 Å². The van der Waals surface area contributed by atoms with Gasteiger partial charge >= 0.3 is 0 Å². The molecule has 0 atom stereocenters. The molecule has 9 heteroatoms. The molecule has 3 N–H and O–H groups in total. The minimum Gasteiger partial charge on any atom is -0.397 e. The van der Waals surface area contributed by atoms with E-state index >= 15 is 0 Å². The van der Waals surface area contributed by atoms with Gasteiger partial charge < -0.3 is 11.1 Å². The number of amides is 1. The van der Waals surface area contributed by atoms with Crippen LogP contribution in [0.4, 0.5) is 5.69 Å². The van der Waals surface area contributed by atoms with E-state index in [0.717, 1.165) is 33.6 Å². The van der Waals surface area contributed by atoms with Crippen molar-refractivity contribution < 1.29 is 4.79 Å². The molecule has 1 amide bonds. The lowest BCUT2D eigenvalue weighted by Gasteiger charge is -2.12. The van der Waals surface area contributed by atoms with Gasteiger partial charge in [0.25, 0.3) is 0 Å². The number of hydrogen-bond donors (Lipinski definition) is 2. The number of nitrogens with two attached hydrogens (primary N) is 1. The first kappa shape index (κ1) is 20.0. The van der Waals surface area contributed by atoms with E-state index < -0.39 is 0 Å². The van der Waals surface area contributed by atoms with Crippen molar-refractivity contribution in [2.24, 2.45) is 0 Å². The molecule has 7 nitrogen and oxygen atoms in total. The van der Waals surface area contributed by atoms with Gasteiger partial charge in [0.2, 0.25) is 5.91 Å². The van der Waals surface area contributed by atoms with Gasteiger partial charge in [0, 0.05) is 17.6 Å². The summed E-state index contributed by atoms with van der Waals surface area (Å²) in [7, 11) is 0. The van der Waals surface area contributed by atoms with Crippen LogP contribution in [-0.2, 0) is 4.79 Å². The fourth-order valence-electron chi connectivity index (χ4n) is 3.35. The van der Waals surface area contributed by atoms with Gasteiger partial charge in [-0.15, -0.1) is 21.5 Å². The number of nitrogens with zero attached hydrogens (tertiary/aromatic N) is 4. The molecule has 1 aliphatic carbocycles. The van der Waals surface area contributed by atoms with Crippen LogP contribution in [0.5, 0.6) is 0 Å². The van der Waals surface area contributed by atoms with Gasteiger partial charge in [-0.2, -0.15) is 0 Å². The lowest BCUT2D eigenvalue weighted by molar-refractivity contribution is -0.118. The monoisotopic (exact) mass is 450 g/mol. The van der Waals surface area contributed by atoms with E-state index in [1.54, 1.807) is 6.20 Å². The number of aromatic nitrogens is 4. The summed E-state index contributed by atoms with van der Waals surface area (Å²) in [5.74, 6) is 0.978. The van der Waals surface area contributed by atoms with Gasteiger partial charge in [-0.1, -0.05) is 17.8 Å². The maximum absolute atomic E-state index is 12.2. The molecule has 0 spiro atoms. The lowest BCUT2D eigenvalue weighted by atomic mass is 10.1. The van der Waals surface area contributed by atoms with E-state index in [0.29, 0.717) is 28.5 Å². The number of nitrogen functional groups attached to an aromatic ring is 1. The van der Waals surface area contributed by atoms with Crippen molar-refractivity contribution in [2.75, 3.05) is 11.5 Å². The van der Waals surface area contributed by atoms with Crippen LogP contribution in [0.1, 0.15) is 24.0 Å². The molecular formula is C22H22N6OS2. The molecule has 3 aromatic heterocycles. The van der Waals surface area contributed by atoms with E-state index in [2.05, 4.69) is 46.5 Å². The van der Waals surface area contributed by atoms with Gasteiger partial charge in [-0.25, -0.2) is 4.98 Å². The first-order valence-electron chi connectivity index (χ1n) is 10.1. The van der Waals surface area contributed by atoms with E-state index in [1.807, 2.05) is 22.8 Å². The highest BCUT2D eigenvalue weighted by molar-refractivity contribution is 7.99. The number of benzene rings is 1. The maximum atomic E-state index is 12.2. The molecule has 0 bridgehead atoms. The number of pyridine rings is 1. The van der Waals surface area contributed by atoms with Gasteiger partial charge in [-0.05, 0) is 62.1 Å². The summed E-state index contributed by atoms with van der Waals surface area (Å²) in [6.07, 6.45) is 3.90. The van der Waals surface area contributed by atoms with E-state index in [9.17, 15) is 4.79 Å². The Balaban J connectivity index is 1.58. The molecule has 0 unspecified atom stereocenters. The number of anilines is 1. The van der Waals surface area contributed by atoms with Crippen LogP contribution in [-0.4, -0.2) is 37.5 Å². The summed E-state index contributed by atoms with van der Waals surface area (Å²) < 4.78 is 1.99. The van der Waals surface area contributed by atoms with Gasteiger partial charge in [0.15, 0.2) is 11.0 Å². The lowest BCUT2D eigenvalue weighted by Crippen LogP contribution is -2.27. The maximum Gasteiger partial charge on any atom is 0.230 e. The third-order valence-electron chi connectivity index (χ3n) is 5.36. The van der Waals surface area contributed by atoms with Gasteiger partial charge in [0.05, 0.1) is 22.0 Å². The molecule has 0 aliphatic heterocycles. The zero-order valence-electron chi connectivity index (χ0n) is 17.3. The van der Waals surface area contributed by atoms with Gasteiger partial charge in [0.1, 0.15) is 4.83 Å². The summed E-state index contributed by atoms with van der Waals surface area (Å²) >= 11 is 2.88. The fraction of sp³-hybridized carbons (Fsp3) is 0.273. The zero-order chi connectivity index (χ0) is 21.5. The zero-order valence-corrected chi connectivity index (χ0v) is 18.9. The highest BCUT2D eigenvalue weighted by Gasteiger charge is 2.25. The summed E-state index contributed by atoms with van der Waals surface area (Å²) in [5.41, 5.74) is 10.5. The minimum absolute atomic E-state index is 0.0225. The quantitative estimate of drug-likeness (QED) is 0.429. The number of thioether (sulfide) groups is 1. The molecule has 1 aliphatic rings. The topological polar surface area (TPSA) is 98.7 Å². The van der Waals surface area contributed by atoms with Crippen molar-refractivity contribution in [3.63, 3.8) is 0 Å². The first-order valence-corrected chi connectivity index (χ1v) is 11.9. The molecule has 4 aromatic rings. The molecule has 1 aromatic carbocycles. The van der Waals surface area contributed by atoms with Crippen LogP contribution in [0.25, 0.3) is 26.6 Å². The molecule has 31 heavy (non-hydrogen) atoms. The Labute approximate surface area is 188 Å². The number of carbonyl (C=O) groups excluding carboxylic acids is 1. The average Bonchev–Trinajstić information content (AvgIpc) is 3.38. The molecule has 0 radical (unpaired) electrons. The minimum atomic E-state index is 0.0225. The van der Waals surface area contributed by atoms with Crippen LogP contribution in [0.2, 0.25) is 0 Å².